The topological polar surface area (TPSA) is 38.7 Å². The van der Waals surface area contributed by atoms with Crippen molar-refractivity contribution in [1.29, 1.82) is 0 Å². The molecule has 1 N–H and O–H groups in total. The van der Waals surface area contributed by atoms with Crippen molar-refractivity contribution in [3.8, 4) is 11.5 Å². The molecule has 112 valence electrons. The average molecular weight is 286 g/mol. The molecule has 0 radical (unpaired) electrons. The molecule has 0 saturated heterocycles. The zero-order valence-corrected chi connectivity index (χ0v) is 12.8. The lowest BCUT2D eigenvalue weighted by Gasteiger charge is -2.17. The van der Waals surface area contributed by atoms with Crippen LogP contribution in [0.4, 0.5) is 0 Å². The molecule has 3 heteroatoms. The van der Waals surface area contributed by atoms with Crippen molar-refractivity contribution >= 4 is 0 Å². The highest BCUT2D eigenvalue weighted by Crippen LogP contribution is 2.28. The molecule has 0 saturated carbocycles. The third kappa shape index (κ3) is 3.99. The van der Waals surface area contributed by atoms with Crippen molar-refractivity contribution in [2.45, 2.75) is 26.9 Å². The minimum absolute atomic E-state index is 0.202. The molecular weight excluding hydrogens is 264 g/mol. The lowest BCUT2D eigenvalue weighted by molar-refractivity contribution is 0.105. The Kier molecular flexibility index (Phi) is 5.23. The van der Waals surface area contributed by atoms with E-state index in [1.54, 1.807) is 0 Å². The third-order valence-corrected chi connectivity index (χ3v) is 3.33. The molecule has 2 aromatic carbocycles. The van der Waals surface area contributed by atoms with Crippen LogP contribution in [0.3, 0.4) is 0 Å². The number of benzene rings is 2. The number of para-hydroxylation sites is 2. The Balaban J connectivity index is 2.05. The van der Waals surface area contributed by atoms with Crippen molar-refractivity contribution in [3.63, 3.8) is 0 Å². The first-order chi connectivity index (χ1) is 10.1. The minimum Gasteiger partial charge on any atom is -0.490 e. The number of hydrogen-bond donors (Lipinski definition) is 1. The van der Waals surface area contributed by atoms with Gasteiger partial charge in [0, 0.05) is 0 Å². The van der Waals surface area contributed by atoms with Crippen LogP contribution >= 0.6 is 0 Å². The van der Waals surface area contributed by atoms with Crippen molar-refractivity contribution in [2.75, 3.05) is 13.2 Å². The summed E-state index contributed by atoms with van der Waals surface area (Å²) in [6.45, 7) is 6.76. The highest BCUT2D eigenvalue weighted by Gasteiger charge is 2.12. The fraction of sp³-hybridized carbons (Fsp3) is 0.333. The van der Waals surface area contributed by atoms with Gasteiger partial charge in [0.1, 0.15) is 12.7 Å². The van der Waals surface area contributed by atoms with E-state index in [9.17, 15) is 5.11 Å². The van der Waals surface area contributed by atoms with Gasteiger partial charge < -0.3 is 14.6 Å². The number of hydrogen-bond acceptors (Lipinski definition) is 3. The van der Waals surface area contributed by atoms with Crippen LogP contribution in [-0.2, 0) is 0 Å². The van der Waals surface area contributed by atoms with E-state index in [4.69, 9.17) is 9.47 Å². The summed E-state index contributed by atoms with van der Waals surface area (Å²) in [5.41, 5.74) is 3.16. The van der Waals surface area contributed by atoms with E-state index in [2.05, 4.69) is 6.07 Å². The Morgan fingerprint density at radius 1 is 1.00 bits per heavy atom. The van der Waals surface area contributed by atoms with Crippen molar-refractivity contribution < 1.29 is 14.6 Å². The van der Waals surface area contributed by atoms with Crippen molar-refractivity contribution in [2.24, 2.45) is 0 Å². The molecule has 0 aromatic heterocycles. The standard InChI is InChI=1S/C18H22O3/c1-4-20-17-7-5-6-8-18(17)21-12-16(19)15-10-9-13(2)11-14(15)3/h5-11,16,19H,4,12H2,1-3H3. The Bertz CT molecular complexity index is 593. The number of rotatable bonds is 6. The van der Waals surface area contributed by atoms with Crippen molar-refractivity contribution in [1.82, 2.24) is 0 Å². The maximum absolute atomic E-state index is 10.3. The first kappa shape index (κ1) is 15.4. The molecule has 0 amide bonds. The van der Waals surface area contributed by atoms with Gasteiger partial charge in [-0.25, -0.2) is 0 Å². The van der Waals surface area contributed by atoms with Gasteiger partial charge in [-0.2, -0.15) is 0 Å². The van der Waals surface area contributed by atoms with E-state index in [1.165, 1.54) is 5.56 Å². The predicted octanol–water partition coefficient (Wildman–Crippen LogP) is 3.81. The maximum atomic E-state index is 10.3. The fourth-order valence-corrected chi connectivity index (χ4v) is 2.30. The highest BCUT2D eigenvalue weighted by atomic mass is 16.5. The normalized spacial score (nSPS) is 12.0. The maximum Gasteiger partial charge on any atom is 0.161 e. The summed E-state index contributed by atoms with van der Waals surface area (Å²) in [6, 6.07) is 13.5. The van der Waals surface area contributed by atoms with E-state index < -0.39 is 6.10 Å². The van der Waals surface area contributed by atoms with Gasteiger partial charge in [-0.3, -0.25) is 0 Å². The van der Waals surface area contributed by atoms with Gasteiger partial charge >= 0.3 is 0 Å². The van der Waals surface area contributed by atoms with E-state index in [1.807, 2.05) is 57.2 Å². The van der Waals surface area contributed by atoms with E-state index in [0.29, 0.717) is 18.1 Å². The Hall–Kier alpha value is -2.00. The zero-order chi connectivity index (χ0) is 15.2. The van der Waals surface area contributed by atoms with Gasteiger partial charge in [-0.05, 0) is 44.0 Å². The molecule has 3 nitrogen and oxygen atoms in total. The lowest BCUT2D eigenvalue weighted by atomic mass is 10.0. The molecule has 0 aliphatic carbocycles. The summed E-state index contributed by atoms with van der Waals surface area (Å²) >= 11 is 0. The van der Waals surface area contributed by atoms with E-state index >= 15 is 0 Å². The van der Waals surface area contributed by atoms with Gasteiger partial charge in [0.25, 0.3) is 0 Å². The number of aliphatic hydroxyl groups is 1. The Morgan fingerprint density at radius 3 is 2.29 bits per heavy atom. The van der Waals surface area contributed by atoms with Crippen LogP contribution in [0.1, 0.15) is 29.7 Å². The van der Waals surface area contributed by atoms with Gasteiger partial charge in [-0.1, -0.05) is 35.9 Å². The van der Waals surface area contributed by atoms with Crippen LogP contribution in [-0.4, -0.2) is 18.3 Å². The second-order valence-electron chi connectivity index (χ2n) is 5.07. The van der Waals surface area contributed by atoms with Crippen molar-refractivity contribution in [3.05, 3.63) is 59.2 Å². The van der Waals surface area contributed by atoms with Crippen LogP contribution < -0.4 is 9.47 Å². The van der Waals surface area contributed by atoms with Crippen LogP contribution in [0.5, 0.6) is 11.5 Å². The second-order valence-corrected chi connectivity index (χ2v) is 5.07. The molecular formula is C18H22O3. The largest absolute Gasteiger partial charge is 0.490 e. The molecule has 0 fully saturated rings. The highest BCUT2D eigenvalue weighted by molar-refractivity contribution is 5.39. The molecule has 1 unspecified atom stereocenters. The Morgan fingerprint density at radius 2 is 1.67 bits per heavy atom. The summed E-state index contributed by atoms with van der Waals surface area (Å²) in [5, 5.41) is 10.3. The minimum atomic E-state index is -0.653. The molecule has 0 heterocycles. The number of aliphatic hydroxyl groups excluding tert-OH is 1. The molecule has 0 spiro atoms. The fourth-order valence-electron chi connectivity index (χ4n) is 2.30. The van der Waals surface area contributed by atoms with Gasteiger partial charge in [0.15, 0.2) is 11.5 Å². The molecule has 1 atom stereocenters. The number of ether oxygens (including phenoxy) is 2. The lowest BCUT2D eigenvalue weighted by Crippen LogP contribution is -2.11. The van der Waals surface area contributed by atoms with E-state index in [0.717, 1.165) is 11.1 Å². The molecule has 0 aliphatic heterocycles. The SMILES string of the molecule is CCOc1ccccc1OCC(O)c1ccc(C)cc1C. The van der Waals surface area contributed by atoms with Crippen LogP contribution in [0.25, 0.3) is 0 Å². The molecule has 2 rings (SSSR count). The summed E-state index contributed by atoms with van der Waals surface area (Å²) in [7, 11) is 0. The first-order valence-corrected chi connectivity index (χ1v) is 7.21. The van der Waals surface area contributed by atoms with Gasteiger partial charge in [0.05, 0.1) is 6.61 Å². The zero-order valence-electron chi connectivity index (χ0n) is 12.8. The van der Waals surface area contributed by atoms with Gasteiger partial charge in [-0.15, -0.1) is 0 Å². The third-order valence-electron chi connectivity index (χ3n) is 3.33. The molecule has 0 bridgehead atoms. The monoisotopic (exact) mass is 286 g/mol. The van der Waals surface area contributed by atoms with E-state index in [-0.39, 0.29) is 6.61 Å². The van der Waals surface area contributed by atoms with Crippen LogP contribution in [0.15, 0.2) is 42.5 Å². The summed E-state index contributed by atoms with van der Waals surface area (Å²) in [5.74, 6) is 1.36. The van der Waals surface area contributed by atoms with Gasteiger partial charge in [0.2, 0.25) is 0 Å². The summed E-state index contributed by atoms with van der Waals surface area (Å²) in [4.78, 5) is 0. The van der Waals surface area contributed by atoms with Crippen LogP contribution in [0, 0.1) is 13.8 Å². The molecule has 2 aromatic rings. The molecule has 0 aliphatic rings. The Labute approximate surface area is 126 Å². The number of aryl methyl sites for hydroxylation is 2. The second kappa shape index (κ2) is 7.14. The molecule has 21 heavy (non-hydrogen) atoms. The van der Waals surface area contributed by atoms with Crippen LogP contribution in [0.2, 0.25) is 0 Å². The summed E-state index contributed by atoms with van der Waals surface area (Å²) < 4.78 is 11.2. The predicted molar refractivity (Wildman–Crippen MR) is 84.0 cm³/mol. The smallest absolute Gasteiger partial charge is 0.161 e. The quantitative estimate of drug-likeness (QED) is 0.877. The first-order valence-electron chi connectivity index (χ1n) is 7.21. The summed E-state index contributed by atoms with van der Waals surface area (Å²) in [6.07, 6.45) is -0.653. The average Bonchev–Trinajstić information content (AvgIpc) is 2.46.